The number of ether oxygens (including phenoxy) is 1. The first-order valence-corrected chi connectivity index (χ1v) is 11.0. The van der Waals surface area contributed by atoms with Crippen molar-refractivity contribution in [2.45, 2.75) is 51.5 Å². The molecule has 1 aromatic heterocycles. The van der Waals surface area contributed by atoms with Crippen LogP contribution in [0.4, 0.5) is 0 Å². The van der Waals surface area contributed by atoms with Gasteiger partial charge in [-0.15, -0.1) is 0 Å². The number of hydrogen-bond donors (Lipinski definition) is 2. The van der Waals surface area contributed by atoms with E-state index in [1.807, 2.05) is 0 Å². The van der Waals surface area contributed by atoms with Crippen LogP contribution in [-0.2, 0) is 9.53 Å². The topological polar surface area (TPSA) is 88.3 Å². The Labute approximate surface area is 175 Å². The van der Waals surface area contributed by atoms with Crippen LogP contribution in [-0.4, -0.2) is 29.5 Å². The largest absolute Gasteiger partial charge is 0.451 e. The zero-order valence-corrected chi connectivity index (χ0v) is 17.3. The van der Waals surface area contributed by atoms with Crippen molar-refractivity contribution in [2.24, 2.45) is 23.2 Å². The molecule has 6 heteroatoms. The van der Waals surface area contributed by atoms with Gasteiger partial charge in [-0.2, -0.15) is 0 Å². The minimum atomic E-state index is -0.699. The van der Waals surface area contributed by atoms with E-state index in [0.29, 0.717) is 10.9 Å². The van der Waals surface area contributed by atoms with E-state index in [9.17, 15) is 14.4 Å². The number of aromatic nitrogens is 1. The molecule has 6 rings (SSSR count). The van der Waals surface area contributed by atoms with Crippen LogP contribution in [0.1, 0.15) is 55.9 Å². The second-order valence-electron chi connectivity index (χ2n) is 9.74. The molecule has 0 spiro atoms. The molecular formula is C24H28N2O4. The van der Waals surface area contributed by atoms with E-state index in [2.05, 4.69) is 17.2 Å². The van der Waals surface area contributed by atoms with E-state index in [-0.39, 0.29) is 35.1 Å². The normalized spacial score (nSPS) is 30.2. The fraction of sp³-hybridized carbons (Fsp3) is 0.542. The maximum atomic E-state index is 12.5. The predicted molar refractivity (Wildman–Crippen MR) is 113 cm³/mol. The smallest absolute Gasteiger partial charge is 0.355 e. The van der Waals surface area contributed by atoms with Crippen molar-refractivity contribution in [3.8, 4) is 0 Å². The standard InChI is InChI=1S/C24H28N2O4/c1-14(24-10-15-6-16(11-24)8-17(7-15)12-24)25-22(28)13-30-23(29)20-9-21(27)18-4-2-3-5-19(18)26-20/h2-5,9,14-17H,6-8,10-13H2,1H3,(H,25,28)(H,26,27)/t14-,15?,16?,17?,24?/m0/s1. The molecule has 0 aliphatic heterocycles. The molecule has 1 atom stereocenters. The van der Waals surface area contributed by atoms with E-state index in [1.165, 1.54) is 44.6 Å². The Balaban J connectivity index is 1.20. The molecule has 4 aliphatic carbocycles. The summed E-state index contributed by atoms with van der Waals surface area (Å²) in [5.74, 6) is 1.47. The average molecular weight is 408 g/mol. The molecule has 4 fully saturated rings. The summed E-state index contributed by atoms with van der Waals surface area (Å²) in [6.45, 7) is 1.76. The van der Waals surface area contributed by atoms with Gasteiger partial charge < -0.3 is 15.0 Å². The average Bonchev–Trinajstić information content (AvgIpc) is 2.71. The molecule has 4 bridgehead atoms. The molecule has 1 amide bonds. The molecule has 0 saturated heterocycles. The van der Waals surface area contributed by atoms with E-state index in [0.717, 1.165) is 17.8 Å². The van der Waals surface area contributed by atoms with Gasteiger partial charge in [0.2, 0.25) is 0 Å². The van der Waals surface area contributed by atoms with Gasteiger partial charge in [0, 0.05) is 23.0 Å². The van der Waals surface area contributed by atoms with Crippen molar-refractivity contribution in [1.29, 1.82) is 0 Å². The molecule has 158 valence electrons. The summed E-state index contributed by atoms with van der Waals surface area (Å²) in [5.41, 5.74) is 0.575. The van der Waals surface area contributed by atoms with Crippen molar-refractivity contribution in [1.82, 2.24) is 10.3 Å². The first kappa shape index (κ1) is 19.3. The third-order valence-electron chi connectivity index (χ3n) is 7.67. The molecule has 4 aliphatic rings. The Morgan fingerprint density at radius 2 is 1.77 bits per heavy atom. The minimum absolute atomic E-state index is 0.0561. The van der Waals surface area contributed by atoms with Crippen molar-refractivity contribution >= 4 is 22.8 Å². The van der Waals surface area contributed by atoms with Gasteiger partial charge in [0.25, 0.3) is 5.91 Å². The number of benzene rings is 1. The van der Waals surface area contributed by atoms with Crippen LogP contribution in [0.2, 0.25) is 0 Å². The quantitative estimate of drug-likeness (QED) is 0.742. The second kappa shape index (κ2) is 7.25. The highest BCUT2D eigenvalue weighted by molar-refractivity contribution is 5.92. The SMILES string of the molecule is C[C@H](NC(=O)COC(=O)c1cc(=O)c2ccccc2[nH]1)C12CC3CC(CC(C3)C1)C2. The van der Waals surface area contributed by atoms with Gasteiger partial charge in [-0.3, -0.25) is 9.59 Å². The molecule has 4 saturated carbocycles. The lowest BCUT2D eigenvalue weighted by Gasteiger charge is -2.59. The van der Waals surface area contributed by atoms with E-state index in [4.69, 9.17) is 4.74 Å². The Morgan fingerprint density at radius 3 is 2.43 bits per heavy atom. The molecule has 1 heterocycles. The van der Waals surface area contributed by atoms with Crippen LogP contribution in [0, 0.1) is 23.2 Å². The zero-order chi connectivity index (χ0) is 20.9. The summed E-state index contributed by atoms with van der Waals surface area (Å²) in [5, 5.41) is 3.61. The van der Waals surface area contributed by atoms with Gasteiger partial charge in [-0.25, -0.2) is 4.79 Å². The number of hydrogen-bond acceptors (Lipinski definition) is 4. The number of para-hydroxylation sites is 1. The number of esters is 1. The molecule has 0 radical (unpaired) electrons. The zero-order valence-electron chi connectivity index (χ0n) is 17.3. The first-order chi connectivity index (χ1) is 14.4. The number of carbonyl (C=O) groups is 2. The summed E-state index contributed by atoms with van der Waals surface area (Å²) in [6, 6.07) is 8.28. The highest BCUT2D eigenvalue weighted by Crippen LogP contribution is 2.61. The van der Waals surface area contributed by atoms with Crippen LogP contribution >= 0.6 is 0 Å². The number of nitrogens with one attached hydrogen (secondary N) is 2. The van der Waals surface area contributed by atoms with E-state index < -0.39 is 5.97 Å². The van der Waals surface area contributed by atoms with E-state index >= 15 is 0 Å². The van der Waals surface area contributed by atoms with Crippen molar-refractivity contribution in [3.63, 3.8) is 0 Å². The lowest BCUT2D eigenvalue weighted by Crippen LogP contribution is -2.56. The van der Waals surface area contributed by atoms with Crippen LogP contribution in [0.5, 0.6) is 0 Å². The monoisotopic (exact) mass is 408 g/mol. The molecular weight excluding hydrogens is 380 g/mol. The number of rotatable bonds is 5. The Kier molecular flexibility index (Phi) is 4.68. The molecule has 0 unspecified atom stereocenters. The summed E-state index contributed by atoms with van der Waals surface area (Å²) in [7, 11) is 0. The molecule has 30 heavy (non-hydrogen) atoms. The second-order valence-corrected chi connectivity index (χ2v) is 9.74. The number of pyridine rings is 1. The van der Waals surface area contributed by atoms with Gasteiger partial charge >= 0.3 is 5.97 Å². The van der Waals surface area contributed by atoms with Crippen molar-refractivity contribution in [2.75, 3.05) is 6.61 Å². The van der Waals surface area contributed by atoms with Crippen LogP contribution < -0.4 is 10.7 Å². The summed E-state index contributed by atoms with van der Waals surface area (Å²) < 4.78 is 5.19. The third-order valence-corrected chi connectivity index (χ3v) is 7.67. The third kappa shape index (κ3) is 3.42. The Morgan fingerprint density at radius 1 is 1.13 bits per heavy atom. The highest BCUT2D eigenvalue weighted by Gasteiger charge is 2.53. The van der Waals surface area contributed by atoms with Gasteiger partial charge in [0.1, 0.15) is 5.69 Å². The first-order valence-electron chi connectivity index (χ1n) is 11.0. The van der Waals surface area contributed by atoms with Crippen molar-refractivity contribution in [3.05, 3.63) is 46.2 Å². The Bertz CT molecular complexity index is 1020. The summed E-state index contributed by atoms with van der Waals surface area (Å²) in [4.78, 5) is 40.0. The van der Waals surface area contributed by atoms with Crippen LogP contribution in [0.15, 0.2) is 35.1 Å². The lowest BCUT2D eigenvalue weighted by molar-refractivity contribution is -0.128. The fourth-order valence-electron chi connectivity index (χ4n) is 6.66. The van der Waals surface area contributed by atoms with Gasteiger partial charge in [-0.1, -0.05) is 12.1 Å². The highest BCUT2D eigenvalue weighted by atomic mass is 16.5. The number of fused-ring (bicyclic) bond motifs is 1. The Hall–Kier alpha value is -2.63. The van der Waals surface area contributed by atoms with Crippen LogP contribution in [0.3, 0.4) is 0 Å². The number of amides is 1. The number of aromatic amines is 1. The molecule has 2 aromatic rings. The minimum Gasteiger partial charge on any atom is -0.451 e. The van der Waals surface area contributed by atoms with Crippen molar-refractivity contribution < 1.29 is 14.3 Å². The maximum Gasteiger partial charge on any atom is 0.355 e. The van der Waals surface area contributed by atoms with E-state index in [1.54, 1.807) is 24.3 Å². The fourth-order valence-corrected chi connectivity index (χ4v) is 6.66. The maximum absolute atomic E-state index is 12.5. The molecule has 1 aromatic carbocycles. The van der Waals surface area contributed by atoms with Gasteiger partial charge in [-0.05, 0) is 80.8 Å². The van der Waals surface area contributed by atoms with Gasteiger partial charge in [0.05, 0.1) is 0 Å². The van der Waals surface area contributed by atoms with Gasteiger partial charge in [0.15, 0.2) is 12.0 Å². The molecule has 6 nitrogen and oxygen atoms in total. The lowest BCUT2D eigenvalue weighted by atomic mass is 9.48. The number of H-pyrrole nitrogens is 1. The predicted octanol–water partition coefficient (Wildman–Crippen LogP) is 3.41. The summed E-state index contributed by atoms with van der Waals surface area (Å²) >= 11 is 0. The van der Waals surface area contributed by atoms with Crippen LogP contribution in [0.25, 0.3) is 10.9 Å². The number of carbonyl (C=O) groups excluding carboxylic acids is 2. The molecule has 2 N–H and O–H groups in total. The summed E-state index contributed by atoms with van der Waals surface area (Å²) in [6.07, 6.45) is 7.71.